The van der Waals surface area contributed by atoms with Crippen molar-refractivity contribution in [1.29, 1.82) is 0 Å². The van der Waals surface area contributed by atoms with Crippen LogP contribution in [0.1, 0.15) is 30.4 Å². The molecule has 0 N–H and O–H groups in total. The highest BCUT2D eigenvalue weighted by Gasteiger charge is 2.16. The molecule has 0 amide bonds. The second-order valence-electron chi connectivity index (χ2n) is 4.08. The Balaban J connectivity index is 2.38. The Hall–Kier alpha value is -0.790. The summed E-state index contributed by atoms with van der Waals surface area (Å²) in [6.07, 6.45) is 4.43. The number of hydrogen-bond acceptors (Lipinski definition) is 1. The van der Waals surface area contributed by atoms with Crippen molar-refractivity contribution in [3.8, 4) is 0 Å². The fraction of sp³-hybridized carbons (Fsp3) is 0.308. The number of halogens is 2. The molecule has 0 bridgehead atoms. The molecule has 0 atom stereocenters. The molecule has 1 aromatic carbocycles. The number of rotatable bonds is 1. The molecule has 2 rings (SSSR count). The zero-order valence-corrected chi connectivity index (χ0v) is 10.5. The van der Waals surface area contributed by atoms with Crippen molar-refractivity contribution in [1.82, 2.24) is 0 Å². The number of benzene rings is 1. The fourth-order valence-electron chi connectivity index (χ4n) is 1.93. The minimum absolute atomic E-state index is 0.253. The third-order valence-electron chi connectivity index (χ3n) is 2.78. The molecule has 0 unspecified atom stereocenters. The first-order chi connectivity index (χ1) is 7.58. The van der Waals surface area contributed by atoms with Crippen molar-refractivity contribution >= 4 is 35.1 Å². The van der Waals surface area contributed by atoms with E-state index in [1.807, 2.05) is 19.1 Å². The van der Waals surface area contributed by atoms with Gasteiger partial charge in [-0.25, -0.2) is 0 Å². The molecule has 0 radical (unpaired) electrons. The third-order valence-corrected chi connectivity index (χ3v) is 3.68. The van der Waals surface area contributed by atoms with Crippen LogP contribution in [-0.4, -0.2) is 5.78 Å². The van der Waals surface area contributed by atoms with Crippen LogP contribution in [0, 0.1) is 6.92 Å². The Kier molecular flexibility index (Phi) is 3.36. The number of allylic oxidation sites excluding steroid dienone is 1. The van der Waals surface area contributed by atoms with Crippen LogP contribution < -0.4 is 0 Å². The van der Waals surface area contributed by atoms with Gasteiger partial charge in [-0.3, -0.25) is 4.79 Å². The van der Waals surface area contributed by atoms with Crippen molar-refractivity contribution < 1.29 is 4.79 Å². The monoisotopic (exact) mass is 254 g/mol. The summed E-state index contributed by atoms with van der Waals surface area (Å²) in [4.78, 5) is 11.5. The molecule has 0 aromatic heterocycles. The molecular formula is C13H12Cl2O. The first kappa shape index (κ1) is 11.7. The molecule has 1 nitrogen and oxygen atoms in total. The molecule has 16 heavy (non-hydrogen) atoms. The molecule has 0 spiro atoms. The van der Waals surface area contributed by atoms with Crippen LogP contribution >= 0.6 is 23.2 Å². The molecule has 0 saturated heterocycles. The molecule has 0 heterocycles. The SMILES string of the molecule is Cc1cc(/C=C2\CCCC2=O)cc(Cl)c1Cl. The van der Waals surface area contributed by atoms with Gasteiger partial charge in [0.2, 0.25) is 0 Å². The van der Waals surface area contributed by atoms with Crippen LogP contribution in [0.3, 0.4) is 0 Å². The van der Waals surface area contributed by atoms with Crippen molar-refractivity contribution in [2.24, 2.45) is 0 Å². The van der Waals surface area contributed by atoms with E-state index in [2.05, 4.69) is 0 Å². The van der Waals surface area contributed by atoms with Gasteiger partial charge in [0.1, 0.15) is 0 Å². The van der Waals surface area contributed by atoms with Crippen LogP contribution in [0.15, 0.2) is 17.7 Å². The van der Waals surface area contributed by atoms with Gasteiger partial charge in [0.15, 0.2) is 5.78 Å². The number of carbonyl (C=O) groups excluding carboxylic acids is 1. The lowest BCUT2D eigenvalue weighted by Gasteiger charge is -2.03. The number of Topliss-reactive ketones (excluding diaryl/α,β-unsaturated/α-hetero) is 1. The summed E-state index contributed by atoms with van der Waals surface area (Å²) in [6, 6.07) is 3.75. The van der Waals surface area contributed by atoms with Crippen molar-refractivity contribution in [3.05, 3.63) is 38.9 Å². The van der Waals surface area contributed by atoms with Gasteiger partial charge in [0.05, 0.1) is 10.0 Å². The Morgan fingerprint density at radius 1 is 1.25 bits per heavy atom. The summed E-state index contributed by atoms with van der Waals surface area (Å²) in [5.74, 6) is 0.253. The highest BCUT2D eigenvalue weighted by Crippen LogP contribution is 2.29. The van der Waals surface area contributed by atoms with Gasteiger partial charge >= 0.3 is 0 Å². The van der Waals surface area contributed by atoms with Crippen LogP contribution in [0.5, 0.6) is 0 Å². The lowest BCUT2D eigenvalue weighted by molar-refractivity contribution is -0.114. The summed E-state index contributed by atoms with van der Waals surface area (Å²) < 4.78 is 0. The fourth-order valence-corrected chi connectivity index (χ4v) is 2.31. The lowest BCUT2D eigenvalue weighted by Crippen LogP contribution is -1.91. The van der Waals surface area contributed by atoms with E-state index in [9.17, 15) is 4.79 Å². The summed E-state index contributed by atoms with van der Waals surface area (Å²) in [6.45, 7) is 1.91. The second kappa shape index (κ2) is 4.60. The molecule has 3 heteroatoms. The number of hydrogen-bond donors (Lipinski definition) is 0. The average Bonchev–Trinajstić information content (AvgIpc) is 2.61. The average molecular weight is 255 g/mol. The van der Waals surface area contributed by atoms with Crippen molar-refractivity contribution in [3.63, 3.8) is 0 Å². The van der Waals surface area contributed by atoms with E-state index >= 15 is 0 Å². The van der Waals surface area contributed by atoms with Crippen LogP contribution in [-0.2, 0) is 4.79 Å². The molecule has 1 saturated carbocycles. The zero-order chi connectivity index (χ0) is 11.7. The first-order valence-electron chi connectivity index (χ1n) is 5.27. The van der Waals surface area contributed by atoms with Crippen LogP contribution in [0.25, 0.3) is 6.08 Å². The molecule has 84 valence electrons. The Morgan fingerprint density at radius 3 is 2.56 bits per heavy atom. The predicted octanol–water partition coefficient (Wildman–Crippen LogP) is 4.44. The van der Waals surface area contributed by atoms with Crippen LogP contribution in [0.2, 0.25) is 10.0 Å². The molecule has 1 aliphatic carbocycles. The molecular weight excluding hydrogens is 243 g/mol. The van der Waals surface area contributed by atoms with E-state index in [0.717, 1.165) is 29.5 Å². The highest BCUT2D eigenvalue weighted by atomic mass is 35.5. The van der Waals surface area contributed by atoms with E-state index in [1.54, 1.807) is 6.07 Å². The third kappa shape index (κ3) is 2.31. The Bertz CT molecular complexity index is 452. The first-order valence-corrected chi connectivity index (χ1v) is 6.03. The number of carbonyl (C=O) groups is 1. The van der Waals surface area contributed by atoms with E-state index in [-0.39, 0.29) is 5.78 Å². The van der Waals surface area contributed by atoms with Crippen molar-refractivity contribution in [2.75, 3.05) is 0 Å². The van der Waals surface area contributed by atoms with Crippen molar-refractivity contribution in [2.45, 2.75) is 26.2 Å². The van der Waals surface area contributed by atoms with E-state index in [1.165, 1.54) is 0 Å². The Morgan fingerprint density at radius 2 is 2.00 bits per heavy atom. The standard InChI is InChI=1S/C13H12Cl2O/c1-8-5-9(7-11(14)13(8)15)6-10-3-2-4-12(10)16/h5-7H,2-4H2,1H3/b10-6+. The van der Waals surface area contributed by atoms with Gasteiger partial charge in [-0.05, 0) is 48.6 Å². The zero-order valence-electron chi connectivity index (χ0n) is 9.02. The van der Waals surface area contributed by atoms with Gasteiger partial charge in [-0.15, -0.1) is 0 Å². The summed E-state index contributed by atoms with van der Waals surface area (Å²) in [7, 11) is 0. The van der Waals surface area contributed by atoms with E-state index < -0.39 is 0 Å². The normalized spacial score (nSPS) is 18.4. The van der Waals surface area contributed by atoms with Gasteiger partial charge < -0.3 is 0 Å². The molecule has 1 aromatic rings. The van der Waals surface area contributed by atoms with Gasteiger partial charge in [0.25, 0.3) is 0 Å². The maximum Gasteiger partial charge on any atom is 0.158 e. The lowest BCUT2D eigenvalue weighted by atomic mass is 10.1. The highest BCUT2D eigenvalue weighted by molar-refractivity contribution is 6.42. The summed E-state index contributed by atoms with van der Waals surface area (Å²) in [5.41, 5.74) is 2.79. The Labute approximate surface area is 105 Å². The molecule has 0 aliphatic heterocycles. The molecule has 1 aliphatic rings. The number of aryl methyl sites for hydroxylation is 1. The minimum Gasteiger partial charge on any atom is -0.295 e. The van der Waals surface area contributed by atoms with E-state index in [0.29, 0.717) is 16.5 Å². The number of ketones is 1. The maximum atomic E-state index is 11.5. The molecule has 1 fully saturated rings. The van der Waals surface area contributed by atoms with Gasteiger partial charge in [0, 0.05) is 6.42 Å². The largest absolute Gasteiger partial charge is 0.295 e. The summed E-state index contributed by atoms with van der Waals surface area (Å²) in [5, 5.41) is 1.13. The second-order valence-corrected chi connectivity index (χ2v) is 4.87. The smallest absolute Gasteiger partial charge is 0.158 e. The van der Waals surface area contributed by atoms with E-state index in [4.69, 9.17) is 23.2 Å². The van der Waals surface area contributed by atoms with Gasteiger partial charge in [-0.1, -0.05) is 29.3 Å². The van der Waals surface area contributed by atoms with Crippen LogP contribution in [0.4, 0.5) is 0 Å². The quantitative estimate of drug-likeness (QED) is 0.678. The maximum absolute atomic E-state index is 11.5. The minimum atomic E-state index is 0.253. The summed E-state index contributed by atoms with van der Waals surface area (Å²) >= 11 is 12.0. The van der Waals surface area contributed by atoms with Gasteiger partial charge in [-0.2, -0.15) is 0 Å². The predicted molar refractivity (Wildman–Crippen MR) is 68.0 cm³/mol. The topological polar surface area (TPSA) is 17.1 Å².